The van der Waals surface area contributed by atoms with E-state index in [0.717, 1.165) is 24.9 Å². The van der Waals surface area contributed by atoms with E-state index < -0.39 is 11.4 Å². The average Bonchev–Trinajstić information content (AvgIpc) is 3.04. The summed E-state index contributed by atoms with van der Waals surface area (Å²) < 4.78 is 13.1. The van der Waals surface area contributed by atoms with Crippen LogP contribution in [-0.4, -0.2) is 29.1 Å². The van der Waals surface area contributed by atoms with Crippen molar-refractivity contribution in [2.75, 3.05) is 13.1 Å². The van der Waals surface area contributed by atoms with Crippen molar-refractivity contribution in [1.29, 1.82) is 0 Å². The third-order valence-electron chi connectivity index (χ3n) is 4.25. The molecular weight excluding hydrogens is 233 g/mol. The van der Waals surface area contributed by atoms with E-state index in [1.54, 1.807) is 6.07 Å². The number of benzene rings is 1. The number of halogens is 1. The molecule has 1 aliphatic heterocycles. The lowest BCUT2D eigenvalue weighted by Crippen LogP contribution is -2.40. The van der Waals surface area contributed by atoms with Gasteiger partial charge in [0.05, 0.1) is 5.41 Å². The Kier molecular flexibility index (Phi) is 2.63. The zero-order valence-electron chi connectivity index (χ0n) is 10.1. The van der Waals surface area contributed by atoms with Gasteiger partial charge in [0, 0.05) is 13.1 Å². The van der Waals surface area contributed by atoms with Crippen molar-refractivity contribution in [3.05, 3.63) is 35.6 Å². The fraction of sp³-hybridized carbons (Fsp3) is 0.500. The van der Waals surface area contributed by atoms with E-state index in [0.29, 0.717) is 19.0 Å². The number of aliphatic carboxylic acids is 1. The van der Waals surface area contributed by atoms with E-state index in [1.807, 2.05) is 6.07 Å². The highest BCUT2D eigenvalue weighted by molar-refractivity contribution is 5.79. The summed E-state index contributed by atoms with van der Waals surface area (Å²) in [7, 11) is 0. The van der Waals surface area contributed by atoms with Crippen molar-refractivity contribution in [2.24, 2.45) is 11.3 Å². The van der Waals surface area contributed by atoms with Crippen molar-refractivity contribution in [3.8, 4) is 0 Å². The molecule has 0 spiro atoms. The Bertz CT molecular complexity index is 490. The summed E-state index contributed by atoms with van der Waals surface area (Å²) in [6.07, 6.45) is 1.75. The Balaban J connectivity index is 1.69. The molecule has 2 fully saturated rings. The summed E-state index contributed by atoms with van der Waals surface area (Å²) in [4.78, 5) is 13.4. The van der Waals surface area contributed by atoms with Gasteiger partial charge in [0.25, 0.3) is 0 Å². The number of hydrogen-bond donors (Lipinski definition) is 1. The molecule has 1 heterocycles. The first kappa shape index (κ1) is 11.7. The number of carboxylic acid groups (broad SMARTS) is 1. The molecule has 1 aromatic rings. The molecule has 4 heteroatoms. The largest absolute Gasteiger partial charge is 0.481 e. The summed E-state index contributed by atoms with van der Waals surface area (Å²) in [5.74, 6) is -0.544. The minimum absolute atomic E-state index is 0.234. The molecule has 1 saturated carbocycles. The molecule has 0 bridgehead atoms. The van der Waals surface area contributed by atoms with Crippen LogP contribution in [0.1, 0.15) is 18.4 Å². The SMILES string of the molecule is O=C(O)C12CC1CCN(Cc1cccc(F)c1)C2. The first-order chi connectivity index (χ1) is 8.60. The summed E-state index contributed by atoms with van der Waals surface area (Å²) >= 11 is 0. The lowest BCUT2D eigenvalue weighted by molar-refractivity contribution is -0.145. The molecule has 0 radical (unpaired) electrons. The second-order valence-corrected chi connectivity index (χ2v) is 5.49. The van der Waals surface area contributed by atoms with Crippen LogP contribution in [-0.2, 0) is 11.3 Å². The van der Waals surface area contributed by atoms with Gasteiger partial charge < -0.3 is 5.11 Å². The van der Waals surface area contributed by atoms with E-state index in [1.165, 1.54) is 12.1 Å². The first-order valence-corrected chi connectivity index (χ1v) is 6.30. The number of fused-ring (bicyclic) bond motifs is 1. The Hall–Kier alpha value is -1.42. The van der Waals surface area contributed by atoms with Crippen LogP contribution < -0.4 is 0 Å². The second-order valence-electron chi connectivity index (χ2n) is 5.49. The van der Waals surface area contributed by atoms with Crippen LogP contribution in [0.5, 0.6) is 0 Å². The maximum atomic E-state index is 13.1. The molecule has 3 nitrogen and oxygen atoms in total. The molecule has 3 rings (SSSR count). The number of likely N-dealkylation sites (tertiary alicyclic amines) is 1. The van der Waals surface area contributed by atoms with Crippen LogP contribution in [0, 0.1) is 17.2 Å². The van der Waals surface area contributed by atoms with Crippen molar-refractivity contribution >= 4 is 5.97 Å². The highest BCUT2D eigenvalue weighted by Crippen LogP contribution is 2.57. The molecule has 1 saturated heterocycles. The Labute approximate surface area is 105 Å². The zero-order chi connectivity index (χ0) is 12.8. The number of hydrogen-bond acceptors (Lipinski definition) is 2. The lowest BCUT2D eigenvalue weighted by Gasteiger charge is -2.30. The summed E-state index contributed by atoms with van der Waals surface area (Å²) in [5.41, 5.74) is 0.403. The predicted molar refractivity (Wildman–Crippen MR) is 64.5 cm³/mol. The maximum Gasteiger partial charge on any atom is 0.311 e. The third-order valence-corrected chi connectivity index (χ3v) is 4.25. The number of rotatable bonds is 3. The molecular formula is C14H16FNO2. The monoisotopic (exact) mass is 249 g/mol. The predicted octanol–water partition coefficient (Wildman–Crippen LogP) is 2.12. The van der Waals surface area contributed by atoms with Crippen molar-refractivity contribution in [1.82, 2.24) is 4.90 Å². The molecule has 1 N–H and O–H groups in total. The third kappa shape index (κ3) is 1.90. The topological polar surface area (TPSA) is 40.5 Å². The van der Waals surface area contributed by atoms with Crippen LogP contribution in [0.4, 0.5) is 4.39 Å². The van der Waals surface area contributed by atoms with Gasteiger partial charge in [-0.1, -0.05) is 12.1 Å². The van der Waals surface area contributed by atoms with Crippen molar-refractivity contribution in [3.63, 3.8) is 0 Å². The zero-order valence-corrected chi connectivity index (χ0v) is 10.1. The highest BCUT2D eigenvalue weighted by Gasteiger charge is 2.62. The van der Waals surface area contributed by atoms with Gasteiger partial charge in [-0.05, 0) is 43.0 Å². The highest BCUT2D eigenvalue weighted by atomic mass is 19.1. The van der Waals surface area contributed by atoms with E-state index in [-0.39, 0.29) is 5.82 Å². The van der Waals surface area contributed by atoms with Gasteiger partial charge >= 0.3 is 5.97 Å². The van der Waals surface area contributed by atoms with Gasteiger partial charge in [0.2, 0.25) is 0 Å². The molecule has 2 unspecified atom stereocenters. The quantitative estimate of drug-likeness (QED) is 0.892. The molecule has 96 valence electrons. The first-order valence-electron chi connectivity index (χ1n) is 6.30. The van der Waals surface area contributed by atoms with Crippen LogP contribution in [0.2, 0.25) is 0 Å². The fourth-order valence-corrected chi connectivity index (χ4v) is 3.13. The molecule has 0 amide bonds. The van der Waals surface area contributed by atoms with E-state index in [4.69, 9.17) is 0 Å². The van der Waals surface area contributed by atoms with Crippen LogP contribution in [0.25, 0.3) is 0 Å². The van der Waals surface area contributed by atoms with Gasteiger partial charge in [-0.3, -0.25) is 9.69 Å². The molecule has 2 aliphatic rings. The molecule has 18 heavy (non-hydrogen) atoms. The van der Waals surface area contributed by atoms with Gasteiger partial charge in [-0.15, -0.1) is 0 Å². The number of piperidine rings is 1. The van der Waals surface area contributed by atoms with Crippen molar-refractivity contribution in [2.45, 2.75) is 19.4 Å². The minimum Gasteiger partial charge on any atom is -0.481 e. The van der Waals surface area contributed by atoms with Gasteiger partial charge in [0.15, 0.2) is 0 Å². The standard InChI is InChI=1S/C14H16FNO2/c15-12-3-1-2-10(6-12)8-16-5-4-11-7-14(11,9-16)13(17)18/h1-3,6,11H,4-5,7-9H2,(H,17,18). The summed E-state index contributed by atoms with van der Waals surface area (Å²) in [6, 6.07) is 6.53. The number of carbonyl (C=O) groups is 1. The Morgan fingerprint density at radius 3 is 3.11 bits per heavy atom. The van der Waals surface area contributed by atoms with E-state index in [2.05, 4.69) is 4.90 Å². The van der Waals surface area contributed by atoms with Crippen LogP contribution in [0.15, 0.2) is 24.3 Å². The number of nitrogens with zero attached hydrogens (tertiary/aromatic N) is 1. The second kappa shape index (κ2) is 4.05. The lowest BCUT2D eigenvalue weighted by atomic mass is 9.97. The molecule has 1 aliphatic carbocycles. The molecule has 0 aromatic heterocycles. The fourth-order valence-electron chi connectivity index (χ4n) is 3.13. The normalized spacial score (nSPS) is 30.8. The number of carboxylic acids is 1. The molecule has 1 aromatic carbocycles. The van der Waals surface area contributed by atoms with Gasteiger partial charge in [-0.25, -0.2) is 4.39 Å². The Morgan fingerprint density at radius 1 is 1.56 bits per heavy atom. The van der Waals surface area contributed by atoms with E-state index in [9.17, 15) is 14.3 Å². The van der Waals surface area contributed by atoms with E-state index >= 15 is 0 Å². The van der Waals surface area contributed by atoms with Gasteiger partial charge in [0.1, 0.15) is 5.82 Å². The average molecular weight is 249 g/mol. The molecule has 2 atom stereocenters. The smallest absolute Gasteiger partial charge is 0.311 e. The summed E-state index contributed by atoms with van der Waals surface area (Å²) in [5, 5.41) is 9.28. The van der Waals surface area contributed by atoms with Crippen molar-refractivity contribution < 1.29 is 14.3 Å². The summed E-state index contributed by atoms with van der Waals surface area (Å²) in [6.45, 7) is 2.15. The maximum absolute atomic E-state index is 13.1. The van der Waals surface area contributed by atoms with Crippen LogP contribution in [0.3, 0.4) is 0 Å². The Morgan fingerprint density at radius 2 is 2.39 bits per heavy atom. The van der Waals surface area contributed by atoms with Crippen LogP contribution >= 0.6 is 0 Å². The minimum atomic E-state index is -0.670. The van der Waals surface area contributed by atoms with Gasteiger partial charge in [-0.2, -0.15) is 0 Å².